The molecule has 0 aliphatic heterocycles. The van der Waals surface area contributed by atoms with E-state index in [4.69, 9.17) is 10.00 Å². The first-order valence-electron chi connectivity index (χ1n) is 10.9. The summed E-state index contributed by atoms with van der Waals surface area (Å²) < 4.78 is 5.64. The SMILES string of the molecule is CC(NC(=O)CCCCOc1cccc(C#N)c1)c1cccc(NC(=O)c2ccccc2)c1. The molecule has 0 spiro atoms. The molecular weight excluding hydrogens is 414 g/mol. The van der Waals surface area contributed by atoms with E-state index in [0.717, 1.165) is 12.0 Å². The summed E-state index contributed by atoms with van der Waals surface area (Å²) >= 11 is 0. The van der Waals surface area contributed by atoms with Crippen LogP contribution in [0.5, 0.6) is 5.75 Å². The summed E-state index contributed by atoms with van der Waals surface area (Å²) in [6.45, 7) is 2.40. The largest absolute Gasteiger partial charge is 0.494 e. The number of carbonyl (C=O) groups excluding carboxylic acids is 2. The highest BCUT2D eigenvalue weighted by Gasteiger charge is 2.11. The zero-order chi connectivity index (χ0) is 23.5. The molecule has 3 aromatic carbocycles. The van der Waals surface area contributed by atoms with Crippen LogP contribution >= 0.6 is 0 Å². The van der Waals surface area contributed by atoms with Crippen molar-refractivity contribution >= 4 is 17.5 Å². The Bertz CT molecular complexity index is 1120. The Kier molecular flexibility index (Phi) is 8.61. The molecule has 33 heavy (non-hydrogen) atoms. The molecule has 0 bridgehead atoms. The summed E-state index contributed by atoms with van der Waals surface area (Å²) in [5, 5.41) is 14.8. The lowest BCUT2D eigenvalue weighted by Crippen LogP contribution is -2.26. The maximum Gasteiger partial charge on any atom is 0.255 e. The van der Waals surface area contributed by atoms with Gasteiger partial charge in [-0.05, 0) is 67.8 Å². The summed E-state index contributed by atoms with van der Waals surface area (Å²) in [6, 6.07) is 25.4. The van der Waals surface area contributed by atoms with Crippen molar-refractivity contribution in [3.05, 3.63) is 95.6 Å². The molecule has 0 aromatic heterocycles. The highest BCUT2D eigenvalue weighted by atomic mass is 16.5. The zero-order valence-electron chi connectivity index (χ0n) is 18.6. The predicted molar refractivity (Wildman–Crippen MR) is 128 cm³/mol. The van der Waals surface area contributed by atoms with Crippen molar-refractivity contribution in [1.29, 1.82) is 5.26 Å². The highest BCUT2D eigenvalue weighted by Crippen LogP contribution is 2.19. The molecular formula is C27H27N3O3. The van der Waals surface area contributed by atoms with Gasteiger partial charge in [0.05, 0.1) is 24.3 Å². The third-order valence-electron chi connectivity index (χ3n) is 5.09. The maximum absolute atomic E-state index is 12.4. The quantitative estimate of drug-likeness (QED) is 0.421. The van der Waals surface area contributed by atoms with Crippen LogP contribution in [-0.4, -0.2) is 18.4 Å². The topological polar surface area (TPSA) is 91.2 Å². The number of amides is 2. The van der Waals surface area contributed by atoms with Gasteiger partial charge in [-0.25, -0.2) is 0 Å². The van der Waals surface area contributed by atoms with Gasteiger partial charge in [0.2, 0.25) is 5.91 Å². The predicted octanol–water partition coefficient (Wildman–Crippen LogP) is 5.24. The Hall–Kier alpha value is -4.11. The Labute approximate surface area is 194 Å². The lowest BCUT2D eigenvalue weighted by atomic mass is 10.1. The molecule has 0 fully saturated rings. The molecule has 2 N–H and O–H groups in total. The van der Waals surface area contributed by atoms with Crippen LogP contribution in [0.4, 0.5) is 5.69 Å². The number of carbonyl (C=O) groups is 2. The molecule has 0 radical (unpaired) electrons. The fraction of sp³-hybridized carbons (Fsp3) is 0.222. The summed E-state index contributed by atoms with van der Waals surface area (Å²) in [6.07, 6.45) is 1.83. The number of ether oxygens (including phenoxy) is 1. The van der Waals surface area contributed by atoms with E-state index < -0.39 is 0 Å². The molecule has 0 saturated carbocycles. The average molecular weight is 442 g/mol. The summed E-state index contributed by atoms with van der Waals surface area (Å²) in [5.41, 5.74) is 2.74. The summed E-state index contributed by atoms with van der Waals surface area (Å²) in [5.74, 6) is 0.449. The zero-order valence-corrected chi connectivity index (χ0v) is 18.6. The van der Waals surface area contributed by atoms with Gasteiger partial charge >= 0.3 is 0 Å². The molecule has 168 valence electrons. The molecule has 3 aromatic rings. The van der Waals surface area contributed by atoms with Gasteiger partial charge in [-0.15, -0.1) is 0 Å². The van der Waals surface area contributed by atoms with Crippen molar-refractivity contribution < 1.29 is 14.3 Å². The molecule has 0 aliphatic carbocycles. The van der Waals surface area contributed by atoms with Crippen molar-refractivity contribution in [2.24, 2.45) is 0 Å². The Morgan fingerprint density at radius 1 is 0.970 bits per heavy atom. The van der Waals surface area contributed by atoms with Crippen LogP contribution in [0.25, 0.3) is 0 Å². The van der Waals surface area contributed by atoms with Crippen LogP contribution < -0.4 is 15.4 Å². The van der Waals surface area contributed by atoms with E-state index in [0.29, 0.717) is 42.0 Å². The molecule has 3 rings (SSSR count). The second-order valence-electron chi connectivity index (χ2n) is 7.68. The van der Waals surface area contributed by atoms with Crippen LogP contribution in [0.2, 0.25) is 0 Å². The van der Waals surface area contributed by atoms with Crippen LogP contribution in [0, 0.1) is 11.3 Å². The van der Waals surface area contributed by atoms with Gasteiger partial charge in [0.15, 0.2) is 0 Å². The Morgan fingerprint density at radius 2 is 1.76 bits per heavy atom. The van der Waals surface area contributed by atoms with Gasteiger partial charge in [0.25, 0.3) is 5.91 Å². The number of anilines is 1. The van der Waals surface area contributed by atoms with E-state index in [1.165, 1.54) is 0 Å². The molecule has 1 atom stereocenters. The molecule has 6 nitrogen and oxygen atoms in total. The highest BCUT2D eigenvalue weighted by molar-refractivity contribution is 6.04. The number of benzene rings is 3. The van der Waals surface area contributed by atoms with Crippen molar-refractivity contribution in [3.63, 3.8) is 0 Å². The van der Waals surface area contributed by atoms with Crippen molar-refractivity contribution in [3.8, 4) is 11.8 Å². The van der Waals surface area contributed by atoms with E-state index in [2.05, 4.69) is 16.7 Å². The van der Waals surface area contributed by atoms with E-state index in [-0.39, 0.29) is 17.9 Å². The maximum atomic E-state index is 12.4. The number of nitriles is 1. The summed E-state index contributed by atoms with van der Waals surface area (Å²) in [7, 11) is 0. The Morgan fingerprint density at radius 3 is 2.55 bits per heavy atom. The van der Waals surface area contributed by atoms with Gasteiger partial charge < -0.3 is 15.4 Å². The van der Waals surface area contributed by atoms with E-state index >= 15 is 0 Å². The fourth-order valence-electron chi connectivity index (χ4n) is 3.31. The number of nitrogens with one attached hydrogen (secondary N) is 2. The first-order chi connectivity index (χ1) is 16.0. The minimum absolute atomic E-state index is 0.0345. The van der Waals surface area contributed by atoms with Crippen molar-refractivity contribution in [2.75, 3.05) is 11.9 Å². The fourth-order valence-corrected chi connectivity index (χ4v) is 3.31. The standard InChI is InChI=1S/C27H27N3O3/c1-20(23-12-8-13-24(18-23)30-27(32)22-10-3-2-4-11-22)29-26(31)15-5-6-16-33-25-14-7-9-21(17-25)19-28/h2-4,7-14,17-18,20H,5-6,15-16H2,1H3,(H,29,31)(H,30,32). The van der Waals surface area contributed by atoms with E-state index in [1.807, 2.05) is 55.5 Å². The third-order valence-corrected chi connectivity index (χ3v) is 5.09. The molecule has 1 unspecified atom stereocenters. The number of hydrogen-bond acceptors (Lipinski definition) is 4. The van der Waals surface area contributed by atoms with Crippen LogP contribution in [-0.2, 0) is 4.79 Å². The van der Waals surface area contributed by atoms with Crippen LogP contribution in [0.1, 0.15) is 53.7 Å². The smallest absolute Gasteiger partial charge is 0.255 e. The third kappa shape index (κ3) is 7.51. The van der Waals surface area contributed by atoms with E-state index in [1.54, 1.807) is 30.3 Å². The van der Waals surface area contributed by atoms with Crippen LogP contribution in [0.3, 0.4) is 0 Å². The minimum Gasteiger partial charge on any atom is -0.494 e. The number of hydrogen-bond donors (Lipinski definition) is 2. The molecule has 6 heteroatoms. The van der Waals surface area contributed by atoms with Crippen molar-refractivity contribution in [2.45, 2.75) is 32.2 Å². The number of unbranched alkanes of at least 4 members (excludes halogenated alkanes) is 1. The lowest BCUT2D eigenvalue weighted by molar-refractivity contribution is -0.121. The van der Waals surface area contributed by atoms with Gasteiger partial charge in [-0.2, -0.15) is 5.26 Å². The second kappa shape index (κ2) is 12.1. The first-order valence-corrected chi connectivity index (χ1v) is 10.9. The second-order valence-corrected chi connectivity index (χ2v) is 7.68. The summed E-state index contributed by atoms with van der Waals surface area (Å²) in [4.78, 5) is 24.7. The normalized spacial score (nSPS) is 11.2. The molecule has 0 aliphatic rings. The number of nitrogens with zero attached hydrogens (tertiary/aromatic N) is 1. The first kappa shape index (κ1) is 23.6. The van der Waals surface area contributed by atoms with Crippen molar-refractivity contribution in [1.82, 2.24) is 5.32 Å². The van der Waals surface area contributed by atoms with Crippen LogP contribution in [0.15, 0.2) is 78.9 Å². The molecule has 0 heterocycles. The average Bonchev–Trinajstić information content (AvgIpc) is 2.84. The minimum atomic E-state index is -0.184. The van der Waals surface area contributed by atoms with Gasteiger partial charge in [-0.3, -0.25) is 9.59 Å². The monoisotopic (exact) mass is 441 g/mol. The van der Waals surface area contributed by atoms with Gasteiger partial charge in [0, 0.05) is 17.7 Å². The molecule has 2 amide bonds. The number of rotatable bonds is 10. The lowest BCUT2D eigenvalue weighted by Gasteiger charge is -2.16. The Balaban J connectivity index is 1.41. The van der Waals surface area contributed by atoms with E-state index in [9.17, 15) is 9.59 Å². The van der Waals surface area contributed by atoms with Gasteiger partial charge in [0.1, 0.15) is 5.75 Å². The van der Waals surface area contributed by atoms with Gasteiger partial charge in [-0.1, -0.05) is 36.4 Å². The molecule has 0 saturated heterocycles.